The minimum Gasteiger partial charge on any atom is -0.331 e. The van der Waals surface area contributed by atoms with E-state index in [1.165, 1.54) is 7.11 Å². The second-order valence-electron chi connectivity index (χ2n) is 4.96. The van der Waals surface area contributed by atoms with Crippen LogP contribution in [0.5, 0.6) is 0 Å². The number of benzene rings is 2. The van der Waals surface area contributed by atoms with Crippen molar-refractivity contribution in [3.63, 3.8) is 0 Å². The lowest BCUT2D eigenvalue weighted by Crippen LogP contribution is -2.25. The zero-order valence-electron chi connectivity index (χ0n) is 12.2. The van der Waals surface area contributed by atoms with Gasteiger partial charge in [-0.05, 0) is 11.1 Å². The predicted octanol–water partition coefficient (Wildman–Crippen LogP) is 4.13. The molecule has 0 aliphatic rings. The van der Waals surface area contributed by atoms with E-state index in [1.807, 2.05) is 60.7 Å². The Morgan fingerprint density at radius 3 is 2.14 bits per heavy atom. The Labute approximate surface area is 125 Å². The molecule has 0 aromatic heterocycles. The molecule has 0 aliphatic heterocycles. The monoisotopic (exact) mass is 305 g/mol. The number of hydrogen-bond donors (Lipinski definition) is 1. The van der Waals surface area contributed by atoms with E-state index in [-0.39, 0.29) is 6.54 Å². The first-order chi connectivity index (χ1) is 10.0. The van der Waals surface area contributed by atoms with Gasteiger partial charge in [-0.1, -0.05) is 60.7 Å². The van der Waals surface area contributed by atoms with Gasteiger partial charge in [0.15, 0.2) is 0 Å². The van der Waals surface area contributed by atoms with Gasteiger partial charge in [-0.3, -0.25) is 4.57 Å². The molecule has 0 bridgehead atoms. The molecule has 2 aromatic rings. The molecule has 0 saturated carbocycles. The van der Waals surface area contributed by atoms with E-state index in [9.17, 15) is 9.77 Å². The Morgan fingerprint density at radius 2 is 1.62 bits per heavy atom. The zero-order valence-corrected chi connectivity index (χ0v) is 13.1. The topological polar surface area (TPSA) is 49.8 Å². The molecule has 4 nitrogen and oxygen atoms in total. The Morgan fingerprint density at radius 1 is 1.10 bits per heavy atom. The number of rotatable bonds is 6. The second kappa shape index (κ2) is 7.01. The lowest BCUT2D eigenvalue weighted by atomic mass is 10.2. The lowest BCUT2D eigenvalue weighted by molar-refractivity contribution is -0.116. The average molecular weight is 305 g/mol. The summed E-state index contributed by atoms with van der Waals surface area (Å²) in [6, 6.07) is 18.8. The van der Waals surface area contributed by atoms with Crippen molar-refractivity contribution < 1.29 is 14.3 Å². The highest BCUT2D eigenvalue weighted by molar-refractivity contribution is 7.58. The van der Waals surface area contributed by atoms with Crippen LogP contribution >= 0.6 is 7.37 Å². The van der Waals surface area contributed by atoms with Gasteiger partial charge in [-0.15, -0.1) is 0 Å². The van der Waals surface area contributed by atoms with Gasteiger partial charge in [0.25, 0.3) is 0 Å². The summed E-state index contributed by atoms with van der Waals surface area (Å²) in [6.45, 7) is 1.82. The molecule has 5 heteroatoms. The molecule has 0 amide bonds. The molecule has 1 N–H and O–H groups in total. The van der Waals surface area contributed by atoms with E-state index in [0.717, 1.165) is 16.2 Å². The van der Waals surface area contributed by atoms with Gasteiger partial charge in [-0.25, -0.2) is 0 Å². The predicted molar refractivity (Wildman–Crippen MR) is 83.5 cm³/mol. The molecule has 21 heavy (non-hydrogen) atoms. The molecule has 0 radical (unpaired) electrons. The number of hydrogen-bond acceptors (Lipinski definition) is 4. The van der Waals surface area contributed by atoms with Crippen LogP contribution < -0.4 is 0 Å². The fourth-order valence-corrected chi connectivity index (χ4v) is 3.75. The Hall–Kier alpha value is -1.45. The van der Waals surface area contributed by atoms with Crippen LogP contribution in [0, 0.1) is 0 Å². The van der Waals surface area contributed by atoms with Crippen LogP contribution in [-0.4, -0.2) is 24.0 Å². The first kappa shape index (κ1) is 15.9. The van der Waals surface area contributed by atoms with Crippen molar-refractivity contribution in [2.45, 2.75) is 12.3 Å². The largest absolute Gasteiger partial charge is 0.331 e. The highest BCUT2D eigenvalue weighted by Gasteiger charge is 2.34. The third-order valence-corrected chi connectivity index (χ3v) is 5.55. The summed E-state index contributed by atoms with van der Waals surface area (Å²) < 4.78 is 17.9. The molecule has 2 rings (SSSR count). The summed E-state index contributed by atoms with van der Waals surface area (Å²) in [5.74, 6) is -0.691. The van der Waals surface area contributed by atoms with Crippen molar-refractivity contribution >= 4 is 7.37 Å². The highest BCUT2D eigenvalue weighted by Crippen LogP contribution is 2.57. The lowest BCUT2D eigenvalue weighted by Gasteiger charge is -2.30. The van der Waals surface area contributed by atoms with Gasteiger partial charge in [0, 0.05) is 13.8 Å². The Balaban J connectivity index is 2.30. The Bertz CT molecular complexity index is 603. The molecular formula is C16H20NO3P. The van der Waals surface area contributed by atoms with Crippen molar-refractivity contribution in [2.24, 2.45) is 0 Å². The van der Waals surface area contributed by atoms with Crippen LogP contribution in [0.15, 0.2) is 60.7 Å². The molecule has 0 saturated heterocycles. The van der Waals surface area contributed by atoms with Crippen LogP contribution in [0.2, 0.25) is 0 Å². The van der Waals surface area contributed by atoms with Gasteiger partial charge in [0.1, 0.15) is 5.78 Å². The van der Waals surface area contributed by atoms with Gasteiger partial charge in [0.2, 0.25) is 7.37 Å². The van der Waals surface area contributed by atoms with Crippen molar-refractivity contribution in [3.8, 4) is 0 Å². The smallest absolute Gasteiger partial charge is 0.223 e. The molecule has 2 atom stereocenters. The van der Waals surface area contributed by atoms with E-state index in [4.69, 9.17) is 4.52 Å². The van der Waals surface area contributed by atoms with Crippen LogP contribution in [-0.2, 0) is 15.6 Å². The molecule has 0 fully saturated rings. The Kier molecular flexibility index (Phi) is 5.32. The number of hydroxylamine groups is 2. The average Bonchev–Trinajstić information content (AvgIpc) is 2.49. The van der Waals surface area contributed by atoms with E-state index in [2.05, 4.69) is 0 Å². The van der Waals surface area contributed by atoms with Crippen molar-refractivity contribution in [2.75, 3.05) is 13.8 Å². The highest BCUT2D eigenvalue weighted by atomic mass is 31.2. The first-order valence-corrected chi connectivity index (χ1v) is 8.86. The summed E-state index contributed by atoms with van der Waals surface area (Å²) in [6.07, 6.45) is 0. The SMILES string of the molecule is COP(C)(=O)C(c1ccccc1)N(O)Cc1ccccc1. The summed E-state index contributed by atoms with van der Waals surface area (Å²) in [5, 5.41) is 11.6. The minimum atomic E-state index is -3.02. The normalized spacial score (nSPS) is 15.6. The molecule has 0 heterocycles. The second-order valence-corrected chi connectivity index (χ2v) is 7.63. The fourth-order valence-electron chi connectivity index (χ4n) is 2.27. The van der Waals surface area contributed by atoms with Crippen LogP contribution in [0.25, 0.3) is 0 Å². The quantitative estimate of drug-likeness (QED) is 0.644. The minimum absolute atomic E-state index is 0.279. The van der Waals surface area contributed by atoms with Gasteiger partial charge < -0.3 is 9.73 Å². The summed E-state index contributed by atoms with van der Waals surface area (Å²) in [5.41, 5.74) is 1.71. The molecular weight excluding hydrogens is 285 g/mol. The third-order valence-electron chi connectivity index (χ3n) is 3.37. The maximum absolute atomic E-state index is 12.7. The zero-order chi connectivity index (χ0) is 15.3. The first-order valence-electron chi connectivity index (χ1n) is 6.72. The summed E-state index contributed by atoms with van der Waals surface area (Å²) >= 11 is 0. The van der Waals surface area contributed by atoms with E-state index < -0.39 is 13.2 Å². The van der Waals surface area contributed by atoms with Crippen molar-refractivity contribution in [3.05, 3.63) is 71.8 Å². The number of nitrogens with zero attached hydrogens (tertiary/aromatic N) is 1. The van der Waals surface area contributed by atoms with Crippen LogP contribution in [0.4, 0.5) is 0 Å². The molecule has 0 spiro atoms. The van der Waals surface area contributed by atoms with E-state index in [1.54, 1.807) is 6.66 Å². The summed E-state index contributed by atoms with van der Waals surface area (Å²) in [7, 11) is -1.61. The van der Waals surface area contributed by atoms with Crippen LogP contribution in [0.1, 0.15) is 16.9 Å². The maximum atomic E-state index is 12.7. The summed E-state index contributed by atoms with van der Waals surface area (Å²) in [4.78, 5) is 0. The standard InChI is InChI=1S/C16H20NO3P/c1-20-21(2,19)16(15-11-7-4-8-12-15)17(18)13-14-9-5-3-6-10-14/h3-12,16,18H,13H2,1-2H3. The maximum Gasteiger partial charge on any atom is 0.223 e. The van der Waals surface area contributed by atoms with Gasteiger partial charge >= 0.3 is 0 Å². The molecule has 2 aromatic carbocycles. The van der Waals surface area contributed by atoms with Gasteiger partial charge in [-0.2, -0.15) is 5.06 Å². The van der Waals surface area contributed by atoms with E-state index >= 15 is 0 Å². The molecule has 2 unspecified atom stereocenters. The fraction of sp³-hybridized carbons (Fsp3) is 0.250. The molecule has 0 aliphatic carbocycles. The van der Waals surface area contributed by atoms with Crippen molar-refractivity contribution in [1.29, 1.82) is 0 Å². The van der Waals surface area contributed by atoms with Gasteiger partial charge in [0.05, 0.1) is 6.54 Å². The van der Waals surface area contributed by atoms with Crippen molar-refractivity contribution in [1.82, 2.24) is 5.06 Å². The molecule has 112 valence electrons. The van der Waals surface area contributed by atoms with Crippen LogP contribution in [0.3, 0.4) is 0 Å². The van der Waals surface area contributed by atoms with E-state index in [0.29, 0.717) is 0 Å². The third kappa shape index (κ3) is 4.02.